The lowest BCUT2D eigenvalue weighted by Gasteiger charge is -2.00. The molecule has 0 spiro atoms. The molecular weight excluding hydrogens is 190 g/mol. The number of aliphatic hydroxyl groups is 2. The van der Waals surface area contributed by atoms with Gasteiger partial charge in [0.1, 0.15) is 0 Å². The van der Waals surface area contributed by atoms with Gasteiger partial charge in [-0.05, 0) is 11.8 Å². The lowest BCUT2D eigenvalue weighted by atomic mass is 10.3. The summed E-state index contributed by atoms with van der Waals surface area (Å²) in [5.74, 6) is -0.594. The van der Waals surface area contributed by atoms with Gasteiger partial charge in [0.15, 0.2) is 0 Å². The Hall–Kier alpha value is -1.47. The van der Waals surface area contributed by atoms with E-state index in [9.17, 15) is 10.1 Å². The van der Waals surface area contributed by atoms with Crippen molar-refractivity contribution in [1.82, 2.24) is 0 Å². The Bertz CT molecular complexity index is 260. The number of hydrogen-bond donors (Lipinski definition) is 3. The molecule has 0 aliphatic rings. The van der Waals surface area contributed by atoms with Gasteiger partial charge in [0, 0.05) is 0 Å². The standard InChI is InChI=1S/C7H13N3O4/c1-5(12)3-9-6(4-11)2-7(8)10(13)14/h2,5,11-12H,3-4,8H2,1H3. The van der Waals surface area contributed by atoms with E-state index in [4.69, 9.17) is 15.9 Å². The third-order valence-corrected chi connectivity index (χ3v) is 1.25. The smallest absolute Gasteiger partial charge is 0.315 e. The molecule has 7 nitrogen and oxygen atoms in total. The first-order chi connectivity index (χ1) is 6.47. The molecule has 80 valence electrons. The Labute approximate surface area is 80.7 Å². The third kappa shape index (κ3) is 5.22. The summed E-state index contributed by atoms with van der Waals surface area (Å²) in [5, 5.41) is 27.7. The predicted octanol–water partition coefficient (Wildman–Crippen LogP) is -1.12. The number of aliphatic imine (C=N–C) groups is 1. The topological polar surface area (TPSA) is 122 Å². The zero-order valence-electron chi connectivity index (χ0n) is 7.75. The second kappa shape index (κ2) is 6.06. The average Bonchev–Trinajstić information content (AvgIpc) is 2.11. The molecule has 0 aliphatic heterocycles. The molecule has 1 atom stereocenters. The summed E-state index contributed by atoms with van der Waals surface area (Å²) in [6.45, 7) is 1.12. The fraction of sp³-hybridized carbons (Fsp3) is 0.571. The SMILES string of the molecule is CC(O)CN=C(C=C(N)[N+](=O)[O-])CO. The molecule has 0 fully saturated rings. The molecule has 0 heterocycles. The van der Waals surface area contributed by atoms with Gasteiger partial charge in [-0.2, -0.15) is 0 Å². The van der Waals surface area contributed by atoms with E-state index in [0.717, 1.165) is 6.08 Å². The van der Waals surface area contributed by atoms with Crippen LogP contribution in [-0.4, -0.2) is 40.1 Å². The number of rotatable bonds is 5. The van der Waals surface area contributed by atoms with Gasteiger partial charge in [-0.1, -0.05) is 0 Å². The number of nitrogens with two attached hydrogens (primary N) is 1. The normalized spacial score (nSPS) is 15.4. The minimum Gasteiger partial charge on any atom is -0.391 e. The lowest BCUT2D eigenvalue weighted by Crippen LogP contribution is -2.14. The first-order valence-electron chi connectivity index (χ1n) is 3.91. The van der Waals surface area contributed by atoms with Crippen molar-refractivity contribution in [2.75, 3.05) is 13.2 Å². The molecule has 0 aromatic carbocycles. The van der Waals surface area contributed by atoms with Crippen LogP contribution in [0.5, 0.6) is 0 Å². The molecule has 7 heteroatoms. The molecule has 0 bridgehead atoms. The second-order valence-electron chi connectivity index (χ2n) is 2.67. The van der Waals surface area contributed by atoms with Crippen LogP contribution in [0.25, 0.3) is 0 Å². The quantitative estimate of drug-likeness (QED) is 0.296. The van der Waals surface area contributed by atoms with Crippen LogP contribution in [0.1, 0.15) is 6.92 Å². The minimum absolute atomic E-state index is 0.0669. The molecule has 0 radical (unpaired) electrons. The molecule has 0 amide bonds. The molecule has 0 saturated carbocycles. The van der Waals surface area contributed by atoms with Crippen molar-refractivity contribution >= 4 is 5.71 Å². The summed E-state index contributed by atoms with van der Waals surface area (Å²) >= 11 is 0. The zero-order chi connectivity index (χ0) is 11.1. The van der Waals surface area contributed by atoms with Crippen molar-refractivity contribution < 1.29 is 15.1 Å². The molecule has 0 rings (SSSR count). The summed E-state index contributed by atoms with van der Waals surface area (Å²) < 4.78 is 0. The third-order valence-electron chi connectivity index (χ3n) is 1.25. The van der Waals surface area contributed by atoms with Crippen molar-refractivity contribution in [3.63, 3.8) is 0 Å². The van der Waals surface area contributed by atoms with Gasteiger partial charge in [-0.15, -0.1) is 0 Å². The van der Waals surface area contributed by atoms with Gasteiger partial charge < -0.3 is 20.3 Å². The fourth-order valence-electron chi connectivity index (χ4n) is 0.614. The van der Waals surface area contributed by atoms with Gasteiger partial charge in [0.05, 0.1) is 31.0 Å². The van der Waals surface area contributed by atoms with Crippen LogP contribution < -0.4 is 5.73 Å². The van der Waals surface area contributed by atoms with Gasteiger partial charge in [0.2, 0.25) is 0 Å². The summed E-state index contributed by atoms with van der Waals surface area (Å²) in [7, 11) is 0. The van der Waals surface area contributed by atoms with Crippen LogP contribution in [0.15, 0.2) is 16.9 Å². The molecule has 14 heavy (non-hydrogen) atoms. The fourth-order valence-corrected chi connectivity index (χ4v) is 0.614. The number of nitro groups is 1. The molecular formula is C7H13N3O4. The molecule has 0 saturated heterocycles. The largest absolute Gasteiger partial charge is 0.391 e. The van der Waals surface area contributed by atoms with Crippen LogP contribution >= 0.6 is 0 Å². The number of hydrogen-bond acceptors (Lipinski definition) is 6. The van der Waals surface area contributed by atoms with E-state index in [1.165, 1.54) is 6.92 Å². The van der Waals surface area contributed by atoms with E-state index < -0.39 is 23.5 Å². The van der Waals surface area contributed by atoms with Gasteiger partial charge in [0.25, 0.3) is 0 Å². The zero-order valence-corrected chi connectivity index (χ0v) is 7.75. The molecule has 0 aromatic rings. The van der Waals surface area contributed by atoms with Crippen molar-refractivity contribution in [2.24, 2.45) is 10.7 Å². The van der Waals surface area contributed by atoms with Crippen molar-refractivity contribution in [2.45, 2.75) is 13.0 Å². The van der Waals surface area contributed by atoms with E-state index in [2.05, 4.69) is 4.99 Å². The van der Waals surface area contributed by atoms with Crippen LogP contribution in [0.4, 0.5) is 0 Å². The highest BCUT2D eigenvalue weighted by Gasteiger charge is 2.03. The highest BCUT2D eigenvalue weighted by atomic mass is 16.6. The van der Waals surface area contributed by atoms with E-state index in [0.29, 0.717) is 0 Å². The van der Waals surface area contributed by atoms with Gasteiger partial charge >= 0.3 is 5.82 Å². The lowest BCUT2D eigenvalue weighted by molar-refractivity contribution is -0.426. The monoisotopic (exact) mass is 203 g/mol. The Balaban J connectivity index is 4.49. The number of aliphatic hydroxyl groups excluding tert-OH is 2. The molecule has 4 N–H and O–H groups in total. The van der Waals surface area contributed by atoms with Crippen LogP contribution in [0.2, 0.25) is 0 Å². The maximum absolute atomic E-state index is 10.1. The predicted molar refractivity (Wildman–Crippen MR) is 50.3 cm³/mol. The molecule has 0 aliphatic carbocycles. The molecule has 0 aromatic heterocycles. The Kier molecular flexibility index (Phi) is 5.42. The highest BCUT2D eigenvalue weighted by molar-refractivity contribution is 5.96. The Morgan fingerprint density at radius 2 is 2.36 bits per heavy atom. The van der Waals surface area contributed by atoms with E-state index in [-0.39, 0.29) is 12.3 Å². The van der Waals surface area contributed by atoms with E-state index in [1.54, 1.807) is 0 Å². The van der Waals surface area contributed by atoms with E-state index >= 15 is 0 Å². The van der Waals surface area contributed by atoms with Crippen LogP contribution in [-0.2, 0) is 0 Å². The maximum Gasteiger partial charge on any atom is 0.315 e. The minimum atomic E-state index is -0.784. The Morgan fingerprint density at radius 3 is 2.71 bits per heavy atom. The highest BCUT2D eigenvalue weighted by Crippen LogP contribution is 1.90. The Morgan fingerprint density at radius 1 is 1.79 bits per heavy atom. The van der Waals surface area contributed by atoms with Gasteiger partial charge in [-0.3, -0.25) is 10.7 Å². The first-order valence-corrected chi connectivity index (χ1v) is 3.91. The first kappa shape index (κ1) is 12.5. The summed E-state index contributed by atoms with van der Waals surface area (Å²) in [4.78, 5) is 13.1. The van der Waals surface area contributed by atoms with Gasteiger partial charge in [-0.25, -0.2) is 0 Å². The molecule has 1 unspecified atom stereocenters. The van der Waals surface area contributed by atoms with Crippen molar-refractivity contribution in [3.8, 4) is 0 Å². The maximum atomic E-state index is 10.1. The average molecular weight is 203 g/mol. The second-order valence-corrected chi connectivity index (χ2v) is 2.67. The van der Waals surface area contributed by atoms with Crippen molar-refractivity contribution in [3.05, 3.63) is 22.0 Å². The van der Waals surface area contributed by atoms with Crippen molar-refractivity contribution in [1.29, 1.82) is 0 Å². The van der Waals surface area contributed by atoms with Crippen LogP contribution in [0.3, 0.4) is 0 Å². The van der Waals surface area contributed by atoms with Crippen LogP contribution in [0, 0.1) is 10.1 Å². The summed E-state index contributed by atoms with van der Waals surface area (Å²) in [6.07, 6.45) is 0.296. The number of nitrogens with zero attached hydrogens (tertiary/aromatic N) is 2. The van der Waals surface area contributed by atoms with E-state index in [1.807, 2.05) is 0 Å². The summed E-state index contributed by atoms with van der Waals surface area (Å²) in [6, 6.07) is 0. The summed E-state index contributed by atoms with van der Waals surface area (Å²) in [5.41, 5.74) is 5.08.